The van der Waals surface area contributed by atoms with Gasteiger partial charge in [-0.25, -0.2) is 9.07 Å². The molecule has 0 saturated heterocycles. The topological polar surface area (TPSA) is 56.1 Å². The molecule has 0 spiro atoms. The van der Waals surface area contributed by atoms with E-state index in [2.05, 4.69) is 10.4 Å². The highest BCUT2D eigenvalue weighted by molar-refractivity contribution is 5.94. The summed E-state index contributed by atoms with van der Waals surface area (Å²) in [6, 6.07) is 15.1. The summed E-state index contributed by atoms with van der Waals surface area (Å²) in [5, 5.41) is 7.61. The highest BCUT2D eigenvalue weighted by Crippen LogP contribution is 2.25. The van der Waals surface area contributed by atoms with Crippen LogP contribution in [0.4, 0.5) is 4.39 Å². The summed E-state index contributed by atoms with van der Waals surface area (Å²) in [5.74, 6) is 0.424. The average molecular weight is 381 g/mol. The van der Waals surface area contributed by atoms with Crippen LogP contribution >= 0.6 is 0 Å². The Morgan fingerprint density at radius 3 is 2.46 bits per heavy atom. The lowest BCUT2D eigenvalue weighted by molar-refractivity contribution is 0.0922. The van der Waals surface area contributed by atoms with Gasteiger partial charge in [0.1, 0.15) is 17.3 Å². The molecule has 0 fully saturated rings. The summed E-state index contributed by atoms with van der Waals surface area (Å²) in [6.45, 7) is 6.05. The van der Waals surface area contributed by atoms with E-state index in [1.807, 2.05) is 45.0 Å². The van der Waals surface area contributed by atoms with Gasteiger partial charge in [-0.3, -0.25) is 4.79 Å². The summed E-state index contributed by atoms with van der Waals surface area (Å²) in [4.78, 5) is 12.9. The van der Waals surface area contributed by atoms with Gasteiger partial charge < -0.3 is 10.1 Å². The summed E-state index contributed by atoms with van der Waals surface area (Å²) < 4.78 is 20.2. The number of hydrogen-bond acceptors (Lipinski definition) is 3. The van der Waals surface area contributed by atoms with E-state index in [1.165, 1.54) is 16.8 Å². The number of methoxy groups -OCH3 is 1. The Morgan fingerprint density at radius 1 is 1.11 bits per heavy atom. The number of rotatable bonds is 6. The first kappa shape index (κ1) is 19.6. The van der Waals surface area contributed by atoms with Crippen molar-refractivity contribution in [1.29, 1.82) is 0 Å². The normalized spacial score (nSPS) is 12.1. The van der Waals surface area contributed by atoms with Gasteiger partial charge in [-0.05, 0) is 55.3 Å². The van der Waals surface area contributed by atoms with Crippen molar-refractivity contribution in [2.45, 2.75) is 26.8 Å². The van der Waals surface area contributed by atoms with E-state index in [-0.39, 0.29) is 17.8 Å². The predicted octanol–water partition coefficient (Wildman–Crippen LogP) is 4.46. The Hall–Kier alpha value is -3.15. The van der Waals surface area contributed by atoms with Crippen LogP contribution in [0.5, 0.6) is 5.75 Å². The van der Waals surface area contributed by atoms with Crippen LogP contribution in [0.1, 0.15) is 31.3 Å². The number of carbonyl (C=O) groups is 1. The SMILES string of the molecule is COc1cccc(-c2cc(C(=O)NC(C)C(C)C)n(-c3ccc(F)cc3)n2)c1. The molecule has 1 N–H and O–H groups in total. The van der Waals surface area contributed by atoms with Crippen LogP contribution in [0.3, 0.4) is 0 Å². The van der Waals surface area contributed by atoms with Crippen LogP contribution in [-0.2, 0) is 0 Å². The van der Waals surface area contributed by atoms with Crippen molar-refractivity contribution in [2.24, 2.45) is 5.92 Å². The van der Waals surface area contributed by atoms with E-state index in [1.54, 1.807) is 25.3 Å². The van der Waals surface area contributed by atoms with Crippen LogP contribution in [0.2, 0.25) is 0 Å². The highest BCUT2D eigenvalue weighted by Gasteiger charge is 2.20. The predicted molar refractivity (Wildman–Crippen MR) is 107 cm³/mol. The van der Waals surface area contributed by atoms with Gasteiger partial charge in [0, 0.05) is 11.6 Å². The molecule has 0 aliphatic carbocycles. The van der Waals surface area contributed by atoms with Crippen LogP contribution in [0.15, 0.2) is 54.6 Å². The summed E-state index contributed by atoms with van der Waals surface area (Å²) in [5.41, 5.74) is 2.45. The Labute approximate surface area is 164 Å². The number of benzene rings is 2. The Balaban J connectivity index is 2.06. The van der Waals surface area contributed by atoms with Gasteiger partial charge in [-0.15, -0.1) is 0 Å². The quantitative estimate of drug-likeness (QED) is 0.686. The summed E-state index contributed by atoms with van der Waals surface area (Å²) in [6.07, 6.45) is 0. The molecule has 3 aromatic rings. The van der Waals surface area contributed by atoms with Gasteiger partial charge in [-0.2, -0.15) is 5.10 Å². The maximum absolute atomic E-state index is 13.4. The van der Waals surface area contributed by atoms with Gasteiger partial charge in [0.05, 0.1) is 18.5 Å². The molecule has 3 rings (SSSR count). The monoisotopic (exact) mass is 381 g/mol. The fourth-order valence-corrected chi connectivity index (χ4v) is 2.69. The Bertz CT molecular complexity index is 964. The molecule has 0 bridgehead atoms. The maximum atomic E-state index is 13.4. The molecule has 1 amide bonds. The van der Waals surface area contributed by atoms with Crippen LogP contribution < -0.4 is 10.1 Å². The molecule has 5 nitrogen and oxygen atoms in total. The minimum atomic E-state index is -0.344. The number of ether oxygens (including phenoxy) is 1. The second-order valence-electron chi connectivity index (χ2n) is 7.04. The average Bonchev–Trinajstić information content (AvgIpc) is 3.14. The van der Waals surface area contributed by atoms with E-state index in [0.29, 0.717) is 28.7 Å². The van der Waals surface area contributed by atoms with Gasteiger partial charge in [-0.1, -0.05) is 26.0 Å². The number of aromatic nitrogens is 2. The van der Waals surface area contributed by atoms with E-state index in [0.717, 1.165) is 5.56 Å². The third-order valence-electron chi connectivity index (χ3n) is 4.74. The molecular weight excluding hydrogens is 357 g/mol. The lowest BCUT2D eigenvalue weighted by atomic mass is 10.1. The van der Waals surface area contributed by atoms with Gasteiger partial charge >= 0.3 is 0 Å². The van der Waals surface area contributed by atoms with Crippen molar-refractivity contribution in [2.75, 3.05) is 7.11 Å². The van der Waals surface area contributed by atoms with Crippen molar-refractivity contribution in [3.8, 4) is 22.7 Å². The number of nitrogens with one attached hydrogen (secondary N) is 1. The largest absolute Gasteiger partial charge is 0.497 e. The zero-order chi connectivity index (χ0) is 20.3. The van der Waals surface area contributed by atoms with Crippen LogP contribution in [-0.4, -0.2) is 28.8 Å². The van der Waals surface area contributed by atoms with Gasteiger partial charge in [0.2, 0.25) is 0 Å². The van der Waals surface area contributed by atoms with Gasteiger partial charge in [0.15, 0.2) is 0 Å². The first-order chi connectivity index (χ1) is 13.4. The van der Waals surface area contributed by atoms with E-state index < -0.39 is 0 Å². The summed E-state index contributed by atoms with van der Waals surface area (Å²) in [7, 11) is 1.60. The fraction of sp³-hybridized carbons (Fsp3) is 0.273. The molecule has 2 aromatic carbocycles. The maximum Gasteiger partial charge on any atom is 0.270 e. The number of halogens is 1. The Morgan fingerprint density at radius 2 is 1.82 bits per heavy atom. The third kappa shape index (κ3) is 4.22. The number of hydrogen-bond donors (Lipinski definition) is 1. The zero-order valence-electron chi connectivity index (χ0n) is 16.4. The minimum absolute atomic E-state index is 0.00402. The van der Waals surface area contributed by atoms with Crippen molar-refractivity contribution in [3.63, 3.8) is 0 Å². The van der Waals surface area contributed by atoms with E-state index in [9.17, 15) is 9.18 Å². The smallest absolute Gasteiger partial charge is 0.270 e. The fourth-order valence-electron chi connectivity index (χ4n) is 2.69. The lowest BCUT2D eigenvalue weighted by Gasteiger charge is -2.17. The molecule has 146 valence electrons. The number of carbonyl (C=O) groups excluding carboxylic acids is 1. The molecule has 0 radical (unpaired) electrons. The van der Waals surface area contributed by atoms with Crippen molar-refractivity contribution < 1.29 is 13.9 Å². The third-order valence-corrected chi connectivity index (χ3v) is 4.74. The second-order valence-corrected chi connectivity index (χ2v) is 7.04. The van der Waals surface area contributed by atoms with Crippen molar-refractivity contribution >= 4 is 5.91 Å². The molecule has 1 aromatic heterocycles. The number of amides is 1. The molecule has 0 saturated carbocycles. The Kier molecular flexibility index (Phi) is 5.78. The van der Waals surface area contributed by atoms with E-state index in [4.69, 9.17) is 4.74 Å². The molecule has 28 heavy (non-hydrogen) atoms. The lowest BCUT2D eigenvalue weighted by Crippen LogP contribution is -2.37. The van der Waals surface area contributed by atoms with E-state index >= 15 is 0 Å². The molecular formula is C22H24FN3O2. The zero-order valence-corrected chi connectivity index (χ0v) is 16.4. The van der Waals surface area contributed by atoms with Crippen molar-refractivity contribution in [3.05, 3.63) is 66.1 Å². The molecule has 6 heteroatoms. The minimum Gasteiger partial charge on any atom is -0.497 e. The van der Waals surface area contributed by atoms with Crippen LogP contribution in [0.25, 0.3) is 16.9 Å². The van der Waals surface area contributed by atoms with Crippen molar-refractivity contribution in [1.82, 2.24) is 15.1 Å². The molecule has 1 heterocycles. The summed E-state index contributed by atoms with van der Waals surface area (Å²) >= 11 is 0. The number of nitrogens with zero attached hydrogens (tertiary/aromatic N) is 2. The second kappa shape index (κ2) is 8.25. The first-order valence-electron chi connectivity index (χ1n) is 9.20. The highest BCUT2D eigenvalue weighted by atomic mass is 19.1. The van der Waals surface area contributed by atoms with Gasteiger partial charge in [0.25, 0.3) is 5.91 Å². The first-order valence-corrected chi connectivity index (χ1v) is 9.20. The molecule has 0 aliphatic rings. The molecule has 1 unspecified atom stereocenters. The molecule has 0 aliphatic heterocycles. The standard InChI is InChI=1S/C22H24FN3O2/c1-14(2)15(3)24-22(27)21-13-20(16-6-5-7-19(12-16)28-4)25-26(21)18-10-8-17(23)9-11-18/h5-15H,1-4H3,(H,24,27). The molecule has 1 atom stereocenters. The van der Waals surface area contributed by atoms with Crippen LogP contribution in [0, 0.1) is 11.7 Å².